The molecule has 2 aromatic heterocycles. The molecule has 1 aromatic carbocycles. The van der Waals surface area contributed by atoms with Crippen LogP contribution < -0.4 is 5.32 Å². The molecule has 1 amide bonds. The van der Waals surface area contributed by atoms with Crippen LogP contribution in [0.15, 0.2) is 35.2 Å². The van der Waals surface area contributed by atoms with Gasteiger partial charge in [-0.15, -0.1) is 21.5 Å². The summed E-state index contributed by atoms with van der Waals surface area (Å²) in [5, 5.41) is 14.9. The zero-order chi connectivity index (χ0) is 16.2. The number of hydrogen-bond acceptors (Lipinski definition) is 6. The number of thiazole rings is 1. The maximum atomic E-state index is 11.5. The van der Waals surface area contributed by atoms with Gasteiger partial charge in [0.25, 0.3) is 0 Å². The Balaban J connectivity index is 1.84. The summed E-state index contributed by atoms with van der Waals surface area (Å²) in [6.07, 6.45) is 0.686. The van der Waals surface area contributed by atoms with E-state index in [1.807, 2.05) is 5.38 Å². The van der Waals surface area contributed by atoms with E-state index in [-0.39, 0.29) is 11.9 Å². The largest absolute Gasteiger partial charge is 0.347 e. The van der Waals surface area contributed by atoms with Gasteiger partial charge < -0.3 is 5.32 Å². The van der Waals surface area contributed by atoms with Gasteiger partial charge in [-0.05, 0) is 18.9 Å². The molecule has 0 aliphatic rings. The van der Waals surface area contributed by atoms with Gasteiger partial charge in [-0.3, -0.25) is 4.79 Å². The fraction of sp³-hybridized carbons (Fsp3) is 0.250. The van der Waals surface area contributed by atoms with Crippen molar-refractivity contribution in [2.75, 3.05) is 0 Å². The van der Waals surface area contributed by atoms with Gasteiger partial charge in [-0.2, -0.15) is 0 Å². The molecule has 1 atom stereocenters. The average Bonchev–Trinajstić information content (AvgIpc) is 3.19. The Hall–Kier alpha value is -2.12. The van der Waals surface area contributed by atoms with Gasteiger partial charge in [0.05, 0.1) is 11.6 Å². The average molecular weight is 344 g/mol. The minimum absolute atomic E-state index is 0.0764. The van der Waals surface area contributed by atoms with Crippen LogP contribution in [0.25, 0.3) is 10.7 Å². The molecule has 0 saturated heterocycles. The molecule has 0 fully saturated rings. The Bertz CT molecular complexity index is 781. The molecular formula is C16H16N4OS2. The number of carbonyl (C=O) groups excluding carboxylic acids is 1. The summed E-state index contributed by atoms with van der Waals surface area (Å²) < 4.78 is 0. The monoisotopic (exact) mass is 344 g/mol. The highest BCUT2D eigenvalue weighted by Gasteiger charge is 2.19. The first-order chi connectivity index (χ1) is 11.1. The molecular weight excluding hydrogens is 328 g/mol. The highest BCUT2D eigenvalue weighted by molar-refractivity contribution is 7.15. The number of hydrogen-bond donors (Lipinski definition) is 1. The van der Waals surface area contributed by atoms with E-state index < -0.39 is 0 Å². The van der Waals surface area contributed by atoms with E-state index in [0.29, 0.717) is 6.42 Å². The van der Waals surface area contributed by atoms with Crippen molar-refractivity contribution >= 4 is 28.6 Å². The lowest BCUT2D eigenvalue weighted by Crippen LogP contribution is -2.27. The molecule has 0 saturated carbocycles. The minimum atomic E-state index is -0.180. The van der Waals surface area contributed by atoms with Crippen LogP contribution >= 0.6 is 22.7 Å². The van der Waals surface area contributed by atoms with Gasteiger partial charge in [-0.1, -0.05) is 41.2 Å². The standard InChI is InChI=1S/C16H16N4OS2/c1-10-3-5-12(6-4-10)7-13(18-11(2)21)15-19-20-16(23-15)14-8-22-9-17-14/h3-6,8-9,13H,7H2,1-2H3,(H,18,21). The predicted octanol–water partition coefficient (Wildman–Crippen LogP) is 3.39. The van der Waals surface area contributed by atoms with Crippen molar-refractivity contribution in [3.05, 3.63) is 51.3 Å². The smallest absolute Gasteiger partial charge is 0.217 e. The van der Waals surface area contributed by atoms with Crippen molar-refractivity contribution in [2.45, 2.75) is 26.3 Å². The van der Waals surface area contributed by atoms with Crippen LogP contribution in [0.1, 0.15) is 29.1 Å². The van der Waals surface area contributed by atoms with Gasteiger partial charge in [-0.25, -0.2) is 4.98 Å². The van der Waals surface area contributed by atoms with E-state index in [4.69, 9.17) is 0 Å². The summed E-state index contributed by atoms with van der Waals surface area (Å²) in [7, 11) is 0. The maximum Gasteiger partial charge on any atom is 0.217 e. The van der Waals surface area contributed by atoms with Crippen molar-refractivity contribution in [2.24, 2.45) is 0 Å². The third kappa shape index (κ3) is 4.00. The second-order valence-corrected chi connectivity index (χ2v) is 6.99. The molecule has 1 unspecified atom stereocenters. The Labute approximate surface area is 142 Å². The third-order valence-electron chi connectivity index (χ3n) is 3.33. The molecule has 0 aliphatic carbocycles. The van der Waals surface area contributed by atoms with Gasteiger partial charge >= 0.3 is 0 Å². The Kier molecular flexibility index (Phi) is 4.78. The van der Waals surface area contributed by atoms with E-state index in [1.165, 1.54) is 35.2 Å². The summed E-state index contributed by atoms with van der Waals surface area (Å²) in [6, 6.07) is 8.11. The molecule has 3 aromatic rings. The Morgan fingerprint density at radius 1 is 1.26 bits per heavy atom. The van der Waals surface area contributed by atoms with Crippen LogP contribution in [0.2, 0.25) is 0 Å². The van der Waals surface area contributed by atoms with Gasteiger partial charge in [0.1, 0.15) is 10.7 Å². The van der Waals surface area contributed by atoms with Crippen molar-refractivity contribution in [3.63, 3.8) is 0 Å². The number of aryl methyl sites for hydroxylation is 1. The van der Waals surface area contributed by atoms with Crippen LogP contribution in [-0.4, -0.2) is 21.1 Å². The summed E-state index contributed by atoms with van der Waals surface area (Å²) in [6.45, 7) is 3.57. The first kappa shape index (κ1) is 15.8. The summed E-state index contributed by atoms with van der Waals surface area (Å²) in [5.74, 6) is -0.0764. The second kappa shape index (κ2) is 6.97. The molecule has 0 spiro atoms. The molecule has 0 aliphatic heterocycles. The first-order valence-electron chi connectivity index (χ1n) is 7.16. The number of carbonyl (C=O) groups is 1. The minimum Gasteiger partial charge on any atom is -0.347 e. The summed E-state index contributed by atoms with van der Waals surface area (Å²) >= 11 is 3.00. The number of rotatable bonds is 5. The summed E-state index contributed by atoms with van der Waals surface area (Å²) in [5.41, 5.74) is 4.97. The number of benzene rings is 1. The Morgan fingerprint density at radius 3 is 2.70 bits per heavy atom. The van der Waals surface area contributed by atoms with Gasteiger partial charge in [0.2, 0.25) is 5.91 Å². The fourth-order valence-electron chi connectivity index (χ4n) is 2.20. The SMILES string of the molecule is CC(=O)NC(Cc1ccc(C)cc1)c1nnc(-c2cscn2)s1. The fourth-order valence-corrected chi connectivity index (χ4v) is 3.68. The number of amides is 1. The molecule has 3 rings (SSSR count). The molecule has 1 N–H and O–H groups in total. The molecule has 5 nitrogen and oxygen atoms in total. The van der Waals surface area contributed by atoms with Crippen LogP contribution in [0.4, 0.5) is 0 Å². The first-order valence-corrected chi connectivity index (χ1v) is 8.92. The van der Waals surface area contributed by atoms with Crippen LogP contribution in [0.3, 0.4) is 0 Å². The molecule has 7 heteroatoms. The molecule has 0 bridgehead atoms. The van der Waals surface area contributed by atoms with E-state index in [9.17, 15) is 4.79 Å². The number of aromatic nitrogens is 3. The predicted molar refractivity (Wildman–Crippen MR) is 92.5 cm³/mol. The third-order valence-corrected chi connectivity index (χ3v) is 4.97. The van der Waals surface area contributed by atoms with Crippen LogP contribution in [0, 0.1) is 6.92 Å². The highest BCUT2D eigenvalue weighted by Crippen LogP contribution is 2.28. The molecule has 0 radical (unpaired) electrons. The lowest BCUT2D eigenvalue weighted by Gasteiger charge is -2.15. The highest BCUT2D eigenvalue weighted by atomic mass is 32.1. The number of nitrogens with zero attached hydrogens (tertiary/aromatic N) is 3. The summed E-state index contributed by atoms with van der Waals surface area (Å²) in [4.78, 5) is 15.8. The molecule has 118 valence electrons. The zero-order valence-electron chi connectivity index (χ0n) is 12.8. The van der Waals surface area contributed by atoms with E-state index in [0.717, 1.165) is 21.3 Å². The van der Waals surface area contributed by atoms with Gasteiger partial charge in [0.15, 0.2) is 5.01 Å². The molecule has 23 heavy (non-hydrogen) atoms. The van der Waals surface area contributed by atoms with Crippen LogP contribution in [0.5, 0.6) is 0 Å². The van der Waals surface area contributed by atoms with Crippen molar-refractivity contribution in [1.82, 2.24) is 20.5 Å². The van der Waals surface area contributed by atoms with Crippen molar-refractivity contribution in [3.8, 4) is 10.7 Å². The van der Waals surface area contributed by atoms with E-state index in [1.54, 1.807) is 5.51 Å². The number of nitrogens with one attached hydrogen (secondary N) is 1. The molecule has 2 heterocycles. The quantitative estimate of drug-likeness (QED) is 0.770. The maximum absolute atomic E-state index is 11.5. The second-order valence-electron chi connectivity index (χ2n) is 5.26. The topological polar surface area (TPSA) is 67.8 Å². The van der Waals surface area contributed by atoms with E-state index >= 15 is 0 Å². The lowest BCUT2D eigenvalue weighted by atomic mass is 10.0. The van der Waals surface area contributed by atoms with Crippen molar-refractivity contribution in [1.29, 1.82) is 0 Å². The van der Waals surface area contributed by atoms with Crippen molar-refractivity contribution < 1.29 is 4.79 Å². The zero-order valence-corrected chi connectivity index (χ0v) is 14.4. The van der Waals surface area contributed by atoms with Gasteiger partial charge in [0, 0.05) is 12.3 Å². The lowest BCUT2D eigenvalue weighted by molar-refractivity contribution is -0.119. The van der Waals surface area contributed by atoms with Crippen LogP contribution in [-0.2, 0) is 11.2 Å². The Morgan fingerprint density at radius 2 is 2.04 bits per heavy atom. The van der Waals surface area contributed by atoms with E-state index in [2.05, 4.69) is 51.7 Å². The normalized spacial score (nSPS) is 12.1.